The number of halogens is 2. The molecule has 0 fully saturated rings. The van der Waals surface area contributed by atoms with Crippen molar-refractivity contribution in [3.8, 4) is 0 Å². The second-order valence-corrected chi connectivity index (χ2v) is 8.04. The fourth-order valence-electron chi connectivity index (χ4n) is 2.29. The molecule has 0 radical (unpaired) electrons. The zero-order valence-electron chi connectivity index (χ0n) is 15.9. The molecule has 0 aliphatic carbocycles. The van der Waals surface area contributed by atoms with E-state index in [-0.39, 0.29) is 12.2 Å². The lowest BCUT2D eigenvalue weighted by Gasteiger charge is -2.18. The Morgan fingerprint density at radius 3 is 1.44 bits per heavy atom. The first-order valence-corrected chi connectivity index (χ1v) is 12.6. The highest BCUT2D eigenvalue weighted by molar-refractivity contribution is 14.1. The zero-order chi connectivity index (χ0) is 18.6. The van der Waals surface area contributed by atoms with Crippen molar-refractivity contribution < 1.29 is 14.2 Å². The van der Waals surface area contributed by atoms with E-state index in [0.717, 1.165) is 51.4 Å². The van der Waals surface area contributed by atoms with Crippen molar-refractivity contribution in [2.45, 2.75) is 77.4 Å². The molecule has 0 aromatic rings. The van der Waals surface area contributed by atoms with Crippen LogP contribution in [0.1, 0.15) is 65.2 Å². The topological polar surface area (TPSA) is 27.7 Å². The van der Waals surface area contributed by atoms with Crippen molar-refractivity contribution in [3.63, 3.8) is 0 Å². The van der Waals surface area contributed by atoms with Gasteiger partial charge in [-0.2, -0.15) is 0 Å². The Bertz CT molecular complexity index is 292. The molecule has 25 heavy (non-hydrogen) atoms. The van der Waals surface area contributed by atoms with Crippen molar-refractivity contribution in [2.24, 2.45) is 0 Å². The maximum absolute atomic E-state index is 5.79. The van der Waals surface area contributed by atoms with Gasteiger partial charge >= 0.3 is 0 Å². The van der Waals surface area contributed by atoms with Crippen LogP contribution in [0.3, 0.4) is 0 Å². The Hall–Kier alpha value is 0.820. The standard InChI is InChI=1S/C20H36I2O3/c1-3-19(13-9-5-7-11-15-21)24-17-23-18-25-20(4-2)14-10-6-8-12-16-22/h5-8,19-20H,3-4,9-18H2,1-2H3/b7-5+,8-6+. The summed E-state index contributed by atoms with van der Waals surface area (Å²) in [5.74, 6) is 0. The van der Waals surface area contributed by atoms with Crippen molar-refractivity contribution >= 4 is 45.2 Å². The third-order valence-corrected chi connectivity index (χ3v) is 5.13. The largest absolute Gasteiger partial charge is 0.352 e. The van der Waals surface area contributed by atoms with Gasteiger partial charge in [0, 0.05) is 8.86 Å². The van der Waals surface area contributed by atoms with E-state index >= 15 is 0 Å². The normalized spacial score (nSPS) is 14.6. The van der Waals surface area contributed by atoms with Crippen LogP contribution in [0.2, 0.25) is 0 Å². The molecule has 0 aliphatic rings. The third kappa shape index (κ3) is 18.0. The minimum Gasteiger partial charge on any atom is -0.352 e. The molecule has 0 rings (SSSR count). The molecule has 0 N–H and O–H groups in total. The molecule has 2 unspecified atom stereocenters. The summed E-state index contributed by atoms with van der Waals surface area (Å²) < 4.78 is 19.5. The van der Waals surface area contributed by atoms with E-state index < -0.39 is 0 Å². The van der Waals surface area contributed by atoms with Crippen LogP contribution >= 0.6 is 45.2 Å². The molecular weight excluding hydrogens is 542 g/mol. The SMILES string of the molecule is CCC(CC/C=C/CCI)OCOCOC(CC)CC/C=C/CCI. The highest BCUT2D eigenvalue weighted by Crippen LogP contribution is 2.10. The highest BCUT2D eigenvalue weighted by Gasteiger charge is 2.07. The van der Waals surface area contributed by atoms with E-state index in [1.54, 1.807) is 0 Å². The van der Waals surface area contributed by atoms with Crippen molar-refractivity contribution in [1.82, 2.24) is 0 Å². The van der Waals surface area contributed by atoms with Crippen LogP contribution < -0.4 is 0 Å². The third-order valence-electron chi connectivity index (χ3n) is 3.88. The lowest BCUT2D eigenvalue weighted by molar-refractivity contribution is -0.166. The van der Waals surface area contributed by atoms with E-state index in [1.165, 1.54) is 8.86 Å². The molecule has 3 nitrogen and oxygen atoms in total. The first kappa shape index (κ1) is 25.8. The fraction of sp³-hybridized carbons (Fsp3) is 0.800. The van der Waals surface area contributed by atoms with Crippen LogP contribution in [0.15, 0.2) is 24.3 Å². The van der Waals surface area contributed by atoms with Gasteiger partial charge in [0.25, 0.3) is 0 Å². The van der Waals surface area contributed by atoms with E-state index in [1.807, 2.05) is 0 Å². The minimum absolute atomic E-state index is 0.272. The summed E-state index contributed by atoms with van der Waals surface area (Å²) in [4.78, 5) is 0. The van der Waals surface area contributed by atoms with Crippen LogP contribution in [0.4, 0.5) is 0 Å². The van der Waals surface area contributed by atoms with Gasteiger partial charge in [-0.15, -0.1) is 0 Å². The lowest BCUT2D eigenvalue weighted by Crippen LogP contribution is -2.18. The molecule has 0 aliphatic heterocycles. The van der Waals surface area contributed by atoms with Gasteiger partial charge in [0.05, 0.1) is 12.2 Å². The van der Waals surface area contributed by atoms with E-state index in [0.29, 0.717) is 13.6 Å². The zero-order valence-corrected chi connectivity index (χ0v) is 20.2. The maximum Gasteiger partial charge on any atom is 0.149 e. The van der Waals surface area contributed by atoms with Crippen molar-refractivity contribution in [2.75, 3.05) is 22.4 Å². The summed E-state index contributed by atoms with van der Waals surface area (Å²) >= 11 is 4.80. The maximum atomic E-state index is 5.79. The first-order chi connectivity index (χ1) is 12.3. The van der Waals surface area contributed by atoms with Gasteiger partial charge < -0.3 is 14.2 Å². The summed E-state index contributed by atoms with van der Waals surface area (Å²) in [6.45, 7) is 4.97. The number of rotatable bonds is 18. The summed E-state index contributed by atoms with van der Waals surface area (Å²) in [5, 5.41) is 0. The van der Waals surface area contributed by atoms with Gasteiger partial charge in [-0.05, 0) is 51.4 Å². The molecule has 0 saturated heterocycles. The van der Waals surface area contributed by atoms with Crippen LogP contribution in [-0.2, 0) is 14.2 Å². The Balaban J connectivity index is 3.68. The van der Waals surface area contributed by atoms with E-state index in [9.17, 15) is 0 Å². The summed E-state index contributed by atoms with van der Waals surface area (Å²) in [5.41, 5.74) is 0. The summed E-state index contributed by atoms with van der Waals surface area (Å²) in [6.07, 6.45) is 18.2. The molecule has 0 spiro atoms. The van der Waals surface area contributed by atoms with Crippen LogP contribution in [0, 0.1) is 0 Å². The van der Waals surface area contributed by atoms with Crippen molar-refractivity contribution in [3.05, 3.63) is 24.3 Å². The molecule has 0 amide bonds. The molecule has 0 aromatic heterocycles. The molecular formula is C20H36I2O3. The van der Waals surface area contributed by atoms with E-state index in [4.69, 9.17) is 14.2 Å². The number of ether oxygens (including phenoxy) is 3. The second kappa shape index (κ2) is 21.1. The Labute approximate surface area is 182 Å². The lowest BCUT2D eigenvalue weighted by atomic mass is 10.1. The smallest absolute Gasteiger partial charge is 0.149 e. The fourth-order valence-corrected chi connectivity index (χ4v) is 3.01. The number of hydrogen-bond acceptors (Lipinski definition) is 3. The predicted octanol–water partition coefficient (Wildman–Crippen LogP) is 6.83. The van der Waals surface area contributed by atoms with Gasteiger partial charge in [-0.3, -0.25) is 0 Å². The monoisotopic (exact) mass is 578 g/mol. The molecule has 5 heteroatoms. The first-order valence-electron chi connectivity index (χ1n) is 9.51. The molecule has 0 aromatic carbocycles. The quantitative estimate of drug-likeness (QED) is 0.0587. The predicted molar refractivity (Wildman–Crippen MR) is 125 cm³/mol. The van der Waals surface area contributed by atoms with E-state index in [2.05, 4.69) is 83.3 Å². The molecule has 0 bridgehead atoms. The van der Waals surface area contributed by atoms with Crippen molar-refractivity contribution in [1.29, 1.82) is 0 Å². The number of hydrogen-bond donors (Lipinski definition) is 0. The van der Waals surface area contributed by atoms with Gasteiger partial charge in [0.15, 0.2) is 0 Å². The minimum atomic E-state index is 0.272. The van der Waals surface area contributed by atoms with Gasteiger partial charge in [0.1, 0.15) is 13.6 Å². The molecule has 0 saturated carbocycles. The average molecular weight is 578 g/mol. The Morgan fingerprint density at radius 1 is 0.680 bits per heavy atom. The molecule has 0 heterocycles. The van der Waals surface area contributed by atoms with Crippen LogP contribution in [0.5, 0.6) is 0 Å². The molecule has 148 valence electrons. The Kier molecular flexibility index (Phi) is 21.8. The van der Waals surface area contributed by atoms with Crippen LogP contribution in [0.25, 0.3) is 0 Å². The summed E-state index contributed by atoms with van der Waals surface area (Å²) in [7, 11) is 0. The number of allylic oxidation sites excluding steroid dienone is 4. The Morgan fingerprint density at radius 2 is 1.08 bits per heavy atom. The number of alkyl halides is 2. The molecule has 2 atom stereocenters. The van der Waals surface area contributed by atoms with Crippen LogP contribution in [-0.4, -0.2) is 34.6 Å². The highest BCUT2D eigenvalue weighted by atomic mass is 127. The summed E-state index contributed by atoms with van der Waals surface area (Å²) in [6, 6.07) is 0. The second-order valence-electron chi connectivity index (χ2n) is 5.89. The van der Waals surface area contributed by atoms with Gasteiger partial charge in [0.2, 0.25) is 0 Å². The van der Waals surface area contributed by atoms with Gasteiger partial charge in [-0.1, -0.05) is 83.3 Å². The van der Waals surface area contributed by atoms with Gasteiger partial charge in [-0.25, -0.2) is 0 Å². The average Bonchev–Trinajstić information content (AvgIpc) is 2.64.